The maximum absolute atomic E-state index is 9.34. The zero-order chi connectivity index (χ0) is 17.1. The van der Waals surface area contributed by atoms with Crippen LogP contribution in [-0.4, -0.2) is 34.8 Å². The van der Waals surface area contributed by atoms with E-state index in [2.05, 4.69) is 65.3 Å². The minimum atomic E-state index is 0.113. The minimum Gasteiger partial charge on any atom is -0.395 e. The van der Waals surface area contributed by atoms with E-state index in [4.69, 9.17) is 0 Å². The van der Waals surface area contributed by atoms with E-state index in [1.807, 2.05) is 0 Å². The summed E-state index contributed by atoms with van der Waals surface area (Å²) in [5, 5.41) is 12.6. The zero-order valence-electron chi connectivity index (χ0n) is 14.4. The van der Waals surface area contributed by atoms with Crippen LogP contribution >= 0.6 is 11.3 Å². The van der Waals surface area contributed by atoms with E-state index >= 15 is 0 Å². The van der Waals surface area contributed by atoms with Gasteiger partial charge in [-0.25, -0.2) is 9.97 Å². The van der Waals surface area contributed by atoms with Crippen molar-refractivity contribution in [3.05, 3.63) is 41.5 Å². The first-order valence-corrected chi connectivity index (χ1v) is 9.22. The molecule has 0 radical (unpaired) electrons. The van der Waals surface area contributed by atoms with Crippen molar-refractivity contribution in [2.75, 3.05) is 24.6 Å². The number of hydrogen-bond donors (Lipinski definition) is 1. The van der Waals surface area contributed by atoms with Crippen LogP contribution in [0.3, 0.4) is 0 Å². The van der Waals surface area contributed by atoms with E-state index < -0.39 is 0 Å². The van der Waals surface area contributed by atoms with Gasteiger partial charge in [-0.3, -0.25) is 0 Å². The number of hydrogen-bond acceptors (Lipinski definition) is 5. The van der Waals surface area contributed by atoms with Crippen LogP contribution in [0.1, 0.15) is 32.3 Å². The first-order chi connectivity index (χ1) is 11.7. The number of aliphatic hydroxyl groups is 1. The second kappa shape index (κ2) is 7.28. The summed E-state index contributed by atoms with van der Waals surface area (Å²) in [4.78, 5) is 12.0. The molecule has 2 heterocycles. The number of benzene rings is 1. The van der Waals surface area contributed by atoms with Gasteiger partial charge in [0.15, 0.2) is 0 Å². The highest BCUT2D eigenvalue weighted by atomic mass is 32.1. The van der Waals surface area contributed by atoms with Crippen molar-refractivity contribution in [3.63, 3.8) is 0 Å². The van der Waals surface area contributed by atoms with E-state index in [0.717, 1.165) is 28.1 Å². The average molecular weight is 341 g/mol. The largest absolute Gasteiger partial charge is 0.395 e. The van der Waals surface area contributed by atoms with Crippen LogP contribution in [0, 0.1) is 0 Å². The molecule has 1 N–H and O–H groups in total. The summed E-state index contributed by atoms with van der Waals surface area (Å²) >= 11 is 1.64. The number of anilines is 1. The van der Waals surface area contributed by atoms with Crippen molar-refractivity contribution in [1.29, 1.82) is 0 Å². The van der Waals surface area contributed by atoms with Gasteiger partial charge in [0.25, 0.3) is 0 Å². The maximum atomic E-state index is 9.34. The lowest BCUT2D eigenvalue weighted by Crippen LogP contribution is -2.27. The quantitative estimate of drug-likeness (QED) is 0.726. The Bertz CT molecular complexity index is 811. The van der Waals surface area contributed by atoms with Crippen molar-refractivity contribution in [3.8, 4) is 11.1 Å². The third kappa shape index (κ3) is 3.14. The average Bonchev–Trinajstić information content (AvgIpc) is 3.04. The highest BCUT2D eigenvalue weighted by Gasteiger charge is 2.17. The van der Waals surface area contributed by atoms with Crippen LogP contribution in [-0.2, 0) is 0 Å². The monoisotopic (exact) mass is 341 g/mol. The normalized spacial score (nSPS) is 11.4. The number of aliphatic hydroxyl groups excluding tert-OH is 1. The molecule has 0 unspecified atom stereocenters. The Hall–Kier alpha value is -1.98. The van der Waals surface area contributed by atoms with Gasteiger partial charge in [-0.15, -0.1) is 11.3 Å². The first kappa shape index (κ1) is 16.9. The Morgan fingerprint density at radius 1 is 1.17 bits per heavy atom. The molecule has 1 aromatic carbocycles. The molecule has 0 saturated heterocycles. The van der Waals surface area contributed by atoms with Crippen molar-refractivity contribution >= 4 is 27.4 Å². The van der Waals surface area contributed by atoms with Crippen molar-refractivity contribution in [1.82, 2.24) is 9.97 Å². The molecule has 0 saturated carbocycles. The molecular weight excluding hydrogens is 318 g/mol. The fraction of sp³-hybridized carbons (Fsp3) is 0.368. The van der Waals surface area contributed by atoms with Crippen LogP contribution in [0.5, 0.6) is 0 Å². The summed E-state index contributed by atoms with van der Waals surface area (Å²) in [6.45, 7) is 7.97. The Morgan fingerprint density at radius 2 is 1.92 bits per heavy atom. The topological polar surface area (TPSA) is 49.2 Å². The molecule has 4 nitrogen and oxygen atoms in total. The van der Waals surface area contributed by atoms with Gasteiger partial charge in [0.1, 0.15) is 17.0 Å². The third-order valence-electron chi connectivity index (χ3n) is 4.29. The molecule has 0 atom stereocenters. The summed E-state index contributed by atoms with van der Waals surface area (Å²) in [5.41, 5.74) is 3.68. The highest BCUT2D eigenvalue weighted by molar-refractivity contribution is 7.17. The predicted molar refractivity (Wildman–Crippen MR) is 102 cm³/mol. The lowest BCUT2D eigenvalue weighted by atomic mass is 9.99. The second-order valence-electron chi connectivity index (χ2n) is 6.11. The molecule has 0 bridgehead atoms. The summed E-state index contributed by atoms with van der Waals surface area (Å²) in [5.74, 6) is 1.43. The molecule has 3 aromatic rings. The summed E-state index contributed by atoms with van der Waals surface area (Å²) in [6, 6.07) is 8.74. The molecule has 0 aliphatic heterocycles. The molecule has 0 aliphatic rings. The van der Waals surface area contributed by atoms with E-state index in [-0.39, 0.29) is 6.61 Å². The second-order valence-corrected chi connectivity index (χ2v) is 6.96. The van der Waals surface area contributed by atoms with Crippen LogP contribution < -0.4 is 4.90 Å². The molecule has 5 heteroatoms. The van der Waals surface area contributed by atoms with Crippen LogP contribution in [0.25, 0.3) is 21.3 Å². The van der Waals surface area contributed by atoms with Crippen molar-refractivity contribution in [2.45, 2.75) is 26.7 Å². The van der Waals surface area contributed by atoms with Crippen LogP contribution in [0.2, 0.25) is 0 Å². The van der Waals surface area contributed by atoms with Gasteiger partial charge in [0.2, 0.25) is 0 Å². The Balaban J connectivity index is 2.11. The molecule has 0 aliphatic carbocycles. The molecule has 0 amide bonds. The molecule has 0 fully saturated rings. The highest BCUT2D eigenvalue weighted by Crippen LogP contribution is 2.38. The fourth-order valence-corrected chi connectivity index (χ4v) is 3.80. The third-order valence-corrected chi connectivity index (χ3v) is 5.18. The van der Waals surface area contributed by atoms with E-state index in [1.165, 1.54) is 11.1 Å². The van der Waals surface area contributed by atoms with Crippen molar-refractivity contribution in [2.24, 2.45) is 0 Å². The first-order valence-electron chi connectivity index (χ1n) is 8.34. The molecule has 3 rings (SSSR count). The summed E-state index contributed by atoms with van der Waals surface area (Å²) < 4.78 is 0. The fourth-order valence-electron chi connectivity index (χ4n) is 2.89. The van der Waals surface area contributed by atoms with Gasteiger partial charge in [0, 0.05) is 24.0 Å². The lowest BCUT2D eigenvalue weighted by Gasteiger charge is -2.21. The van der Waals surface area contributed by atoms with Crippen LogP contribution in [0.15, 0.2) is 36.0 Å². The number of nitrogens with zero attached hydrogens (tertiary/aromatic N) is 3. The van der Waals surface area contributed by atoms with Gasteiger partial charge in [-0.1, -0.05) is 38.1 Å². The molecular formula is C19H23N3OS. The number of likely N-dealkylation sites (N-methyl/N-ethyl adjacent to an activating group) is 1. The maximum Gasteiger partial charge on any atom is 0.141 e. The summed E-state index contributed by atoms with van der Waals surface area (Å²) in [7, 11) is 0. The van der Waals surface area contributed by atoms with Gasteiger partial charge in [0.05, 0.1) is 12.0 Å². The number of thiophene rings is 1. The standard InChI is InChI=1S/C19H23N3OS/c1-4-22(9-10-23)18-17-16(11-24-19(17)21-12-20-18)15-7-5-14(6-8-15)13(2)3/h5-8,11-13,23H,4,9-10H2,1-3H3. The number of aromatic nitrogens is 2. The molecule has 2 aromatic heterocycles. The molecule has 126 valence electrons. The predicted octanol–water partition coefficient (Wildman–Crippen LogP) is 4.30. The van der Waals surface area contributed by atoms with E-state index in [1.54, 1.807) is 17.7 Å². The van der Waals surface area contributed by atoms with Crippen LogP contribution in [0.4, 0.5) is 5.82 Å². The number of fused-ring (bicyclic) bond motifs is 1. The lowest BCUT2D eigenvalue weighted by molar-refractivity contribution is 0.302. The Kier molecular flexibility index (Phi) is 5.11. The van der Waals surface area contributed by atoms with E-state index in [9.17, 15) is 5.11 Å². The summed E-state index contributed by atoms with van der Waals surface area (Å²) in [6.07, 6.45) is 1.61. The smallest absolute Gasteiger partial charge is 0.141 e. The van der Waals surface area contributed by atoms with Gasteiger partial charge in [-0.05, 0) is 24.0 Å². The minimum absolute atomic E-state index is 0.113. The Labute approximate surface area is 146 Å². The van der Waals surface area contributed by atoms with E-state index in [0.29, 0.717) is 12.5 Å². The Morgan fingerprint density at radius 3 is 2.54 bits per heavy atom. The van der Waals surface area contributed by atoms with Crippen molar-refractivity contribution < 1.29 is 5.11 Å². The SMILES string of the molecule is CCN(CCO)c1ncnc2scc(-c3ccc(C(C)C)cc3)c12. The molecule has 0 spiro atoms. The van der Waals surface area contributed by atoms with Gasteiger partial charge in [-0.2, -0.15) is 0 Å². The van der Waals surface area contributed by atoms with Gasteiger partial charge >= 0.3 is 0 Å². The number of rotatable bonds is 6. The molecule has 24 heavy (non-hydrogen) atoms. The van der Waals surface area contributed by atoms with Gasteiger partial charge < -0.3 is 10.0 Å². The zero-order valence-corrected chi connectivity index (χ0v) is 15.2.